The number of nitriles is 1. The molecule has 32 heavy (non-hydrogen) atoms. The lowest BCUT2D eigenvalue weighted by molar-refractivity contribution is -0.134. The maximum absolute atomic E-state index is 14.8. The Morgan fingerprint density at radius 2 is 1.69 bits per heavy atom. The molecular formula is C23H20F2N4O3. The summed E-state index contributed by atoms with van der Waals surface area (Å²) in [6.45, 7) is 1.98. The van der Waals surface area contributed by atoms with Crippen LogP contribution in [-0.4, -0.2) is 44.3 Å². The van der Waals surface area contributed by atoms with E-state index >= 15 is 0 Å². The Labute approximate surface area is 183 Å². The molecule has 9 heteroatoms. The van der Waals surface area contributed by atoms with Crippen LogP contribution in [0, 0.1) is 23.0 Å². The molecule has 2 aliphatic heterocycles. The Kier molecular flexibility index (Phi) is 5.86. The zero-order chi connectivity index (χ0) is 22.8. The third kappa shape index (κ3) is 4.04. The lowest BCUT2D eigenvalue weighted by Crippen LogP contribution is -2.47. The van der Waals surface area contributed by atoms with Gasteiger partial charge in [0.25, 0.3) is 0 Å². The van der Waals surface area contributed by atoms with Gasteiger partial charge in [0, 0.05) is 49.4 Å². The van der Waals surface area contributed by atoms with E-state index in [1.807, 2.05) is 9.80 Å². The number of rotatable bonds is 4. The summed E-state index contributed by atoms with van der Waals surface area (Å²) in [6, 6.07) is 9.45. The van der Waals surface area contributed by atoms with Gasteiger partial charge in [0.1, 0.15) is 24.0 Å². The maximum atomic E-state index is 14.8. The first kappa shape index (κ1) is 21.4. The second-order valence-electron chi connectivity index (χ2n) is 7.81. The highest BCUT2D eigenvalue weighted by molar-refractivity contribution is 6.01. The fraction of sp³-hybridized carbons (Fsp3) is 0.304. The standard InChI is InChI=1S/C23H20F2N4O3/c24-18-10-16(11-19(25)22(18)17-2-4-21(31)27-23(17)32)28-5-7-29(8-6-28)20-3-1-14(13-30)9-15(20)12-26/h1,3,9-11,13,17H,2,4-8H2,(H,27,31,32). The first-order valence-electron chi connectivity index (χ1n) is 10.2. The normalized spacial score (nSPS) is 18.8. The van der Waals surface area contributed by atoms with Crippen LogP contribution in [0.15, 0.2) is 30.3 Å². The largest absolute Gasteiger partial charge is 0.368 e. The molecule has 0 bridgehead atoms. The van der Waals surface area contributed by atoms with Gasteiger partial charge in [0.05, 0.1) is 17.2 Å². The number of amides is 2. The highest BCUT2D eigenvalue weighted by Crippen LogP contribution is 2.33. The van der Waals surface area contributed by atoms with Gasteiger partial charge in [-0.1, -0.05) is 0 Å². The van der Waals surface area contributed by atoms with E-state index in [4.69, 9.17) is 0 Å². The summed E-state index contributed by atoms with van der Waals surface area (Å²) in [6.07, 6.45) is 0.794. The SMILES string of the molecule is N#Cc1cc(C=O)ccc1N1CCN(c2cc(F)c(C3CCC(=O)NC3=O)c(F)c2)CC1. The van der Waals surface area contributed by atoms with E-state index in [0.29, 0.717) is 55.0 Å². The van der Waals surface area contributed by atoms with Crippen molar-refractivity contribution in [1.82, 2.24) is 5.32 Å². The van der Waals surface area contributed by atoms with Crippen LogP contribution >= 0.6 is 0 Å². The van der Waals surface area contributed by atoms with E-state index < -0.39 is 29.4 Å². The van der Waals surface area contributed by atoms with E-state index in [-0.39, 0.29) is 18.4 Å². The van der Waals surface area contributed by atoms with Gasteiger partial charge < -0.3 is 9.80 Å². The van der Waals surface area contributed by atoms with E-state index in [0.717, 1.165) is 0 Å². The molecule has 2 aromatic rings. The molecule has 1 N–H and O–H groups in total. The maximum Gasteiger partial charge on any atom is 0.234 e. The van der Waals surface area contributed by atoms with Crippen LogP contribution in [0.2, 0.25) is 0 Å². The number of piperidine rings is 1. The minimum Gasteiger partial charge on any atom is -0.368 e. The average Bonchev–Trinajstić information content (AvgIpc) is 2.79. The van der Waals surface area contributed by atoms with Crippen LogP contribution < -0.4 is 15.1 Å². The Morgan fingerprint density at radius 1 is 1.03 bits per heavy atom. The number of piperazine rings is 1. The summed E-state index contributed by atoms with van der Waals surface area (Å²) in [5.41, 5.74) is 1.59. The van der Waals surface area contributed by atoms with Crippen molar-refractivity contribution in [2.24, 2.45) is 0 Å². The number of anilines is 2. The topological polar surface area (TPSA) is 93.5 Å². The molecule has 2 aromatic carbocycles. The molecule has 164 valence electrons. The number of imide groups is 1. The number of nitrogens with zero attached hydrogens (tertiary/aromatic N) is 3. The first-order chi connectivity index (χ1) is 15.4. The molecule has 1 unspecified atom stereocenters. The van der Waals surface area contributed by atoms with Crippen LogP contribution in [0.5, 0.6) is 0 Å². The van der Waals surface area contributed by atoms with Crippen LogP contribution in [0.1, 0.15) is 40.2 Å². The quantitative estimate of drug-likeness (QED) is 0.582. The molecule has 1 atom stereocenters. The molecular weight excluding hydrogens is 418 g/mol. The zero-order valence-corrected chi connectivity index (χ0v) is 17.1. The molecule has 0 aliphatic carbocycles. The molecule has 2 amide bonds. The Morgan fingerprint density at radius 3 is 2.28 bits per heavy atom. The predicted molar refractivity (Wildman–Crippen MR) is 112 cm³/mol. The number of carbonyl (C=O) groups is 3. The van der Waals surface area contributed by atoms with Crippen molar-refractivity contribution in [3.63, 3.8) is 0 Å². The first-order valence-corrected chi connectivity index (χ1v) is 10.2. The van der Waals surface area contributed by atoms with Crippen molar-refractivity contribution in [3.8, 4) is 6.07 Å². The molecule has 2 saturated heterocycles. The zero-order valence-electron chi connectivity index (χ0n) is 17.1. The summed E-state index contributed by atoms with van der Waals surface area (Å²) in [5.74, 6) is -3.78. The smallest absolute Gasteiger partial charge is 0.234 e. The third-order valence-corrected chi connectivity index (χ3v) is 5.91. The van der Waals surface area contributed by atoms with Gasteiger partial charge in [-0.2, -0.15) is 5.26 Å². The van der Waals surface area contributed by atoms with Crippen LogP contribution in [0.4, 0.5) is 20.2 Å². The number of hydrogen-bond acceptors (Lipinski definition) is 6. The second-order valence-corrected chi connectivity index (χ2v) is 7.81. The van der Waals surface area contributed by atoms with E-state index in [9.17, 15) is 28.4 Å². The predicted octanol–water partition coefficient (Wildman–Crippen LogP) is 2.50. The van der Waals surface area contributed by atoms with Crippen molar-refractivity contribution in [2.75, 3.05) is 36.0 Å². The van der Waals surface area contributed by atoms with Crippen molar-refractivity contribution in [1.29, 1.82) is 5.26 Å². The van der Waals surface area contributed by atoms with Gasteiger partial charge in [-0.05, 0) is 36.8 Å². The van der Waals surface area contributed by atoms with Gasteiger partial charge in [-0.15, -0.1) is 0 Å². The molecule has 4 rings (SSSR count). The van der Waals surface area contributed by atoms with E-state index in [2.05, 4.69) is 11.4 Å². The molecule has 0 radical (unpaired) electrons. The van der Waals surface area contributed by atoms with Gasteiger partial charge in [0.2, 0.25) is 11.8 Å². The van der Waals surface area contributed by atoms with Gasteiger partial charge >= 0.3 is 0 Å². The van der Waals surface area contributed by atoms with Crippen LogP contribution in [0.25, 0.3) is 0 Å². The number of hydrogen-bond donors (Lipinski definition) is 1. The van der Waals surface area contributed by atoms with Crippen molar-refractivity contribution >= 4 is 29.5 Å². The van der Waals surface area contributed by atoms with Gasteiger partial charge in [-0.3, -0.25) is 19.7 Å². The molecule has 0 saturated carbocycles. The highest BCUT2D eigenvalue weighted by atomic mass is 19.1. The minimum atomic E-state index is -1.03. The summed E-state index contributed by atoms with van der Waals surface area (Å²) in [4.78, 5) is 38.1. The average molecular weight is 438 g/mol. The van der Waals surface area contributed by atoms with Crippen molar-refractivity contribution < 1.29 is 23.2 Å². The molecule has 0 aromatic heterocycles. The number of aldehydes is 1. The number of carbonyl (C=O) groups excluding carboxylic acids is 3. The monoisotopic (exact) mass is 438 g/mol. The lowest BCUT2D eigenvalue weighted by Gasteiger charge is -2.38. The molecule has 2 aliphatic rings. The second kappa shape index (κ2) is 8.75. The molecule has 2 fully saturated rings. The van der Waals surface area contributed by atoms with Crippen LogP contribution in [0.3, 0.4) is 0 Å². The number of nitrogens with one attached hydrogen (secondary N) is 1. The minimum absolute atomic E-state index is 0.0392. The molecule has 0 spiro atoms. The third-order valence-electron chi connectivity index (χ3n) is 5.91. The summed E-state index contributed by atoms with van der Waals surface area (Å²) in [7, 11) is 0. The fourth-order valence-corrected chi connectivity index (χ4v) is 4.25. The van der Waals surface area contributed by atoms with E-state index in [1.165, 1.54) is 18.2 Å². The fourth-order valence-electron chi connectivity index (χ4n) is 4.25. The van der Waals surface area contributed by atoms with Crippen LogP contribution in [-0.2, 0) is 9.59 Å². The number of halogens is 2. The van der Waals surface area contributed by atoms with E-state index in [1.54, 1.807) is 12.1 Å². The summed E-state index contributed by atoms with van der Waals surface area (Å²) >= 11 is 0. The lowest BCUT2D eigenvalue weighted by atomic mass is 9.89. The Hall–Kier alpha value is -3.80. The Balaban J connectivity index is 1.50. The van der Waals surface area contributed by atoms with Crippen molar-refractivity contribution in [3.05, 3.63) is 58.7 Å². The Bertz CT molecular complexity index is 1110. The summed E-state index contributed by atoms with van der Waals surface area (Å²) < 4.78 is 29.7. The molecule has 7 nitrogen and oxygen atoms in total. The highest BCUT2D eigenvalue weighted by Gasteiger charge is 2.33. The molecule has 2 heterocycles. The summed E-state index contributed by atoms with van der Waals surface area (Å²) in [5, 5.41) is 11.5. The van der Waals surface area contributed by atoms with Gasteiger partial charge in [-0.25, -0.2) is 8.78 Å². The van der Waals surface area contributed by atoms with Crippen molar-refractivity contribution in [2.45, 2.75) is 18.8 Å². The van der Waals surface area contributed by atoms with Gasteiger partial charge in [0.15, 0.2) is 0 Å². The number of benzene rings is 2.